The number of aldehydes is 1. The molecule has 2 aromatic rings. The molecule has 0 spiro atoms. The second-order valence-corrected chi connectivity index (χ2v) is 4.08. The Balaban J connectivity index is 2.77. The largest absolute Gasteiger partial charge is 0.507 e. The van der Waals surface area contributed by atoms with Gasteiger partial charge in [0.25, 0.3) is 0 Å². The number of phenolic OH excluding ortho intramolecular Hbond substituents is 1. The summed E-state index contributed by atoms with van der Waals surface area (Å²) in [6.45, 7) is 0. The van der Waals surface area contributed by atoms with Crippen molar-refractivity contribution in [3.05, 3.63) is 41.7 Å². The van der Waals surface area contributed by atoms with E-state index in [1.165, 1.54) is 38.5 Å². The summed E-state index contributed by atoms with van der Waals surface area (Å²) in [5.74, 6) is 0.0277. The van der Waals surface area contributed by atoms with Crippen LogP contribution in [-0.4, -0.2) is 25.6 Å². The molecule has 0 amide bonds. The Morgan fingerprint density at radius 3 is 2.45 bits per heavy atom. The molecule has 0 heterocycles. The first-order chi connectivity index (χ1) is 9.60. The molecule has 0 aromatic heterocycles. The SMILES string of the molecule is COc1cc(C=O)cc(-c2cc(F)ccc2O)c1OC. The second-order valence-electron chi connectivity index (χ2n) is 4.08. The molecule has 0 radical (unpaired) electrons. The number of aromatic hydroxyl groups is 1. The first-order valence-electron chi connectivity index (χ1n) is 5.80. The lowest BCUT2D eigenvalue weighted by Gasteiger charge is -2.14. The van der Waals surface area contributed by atoms with Crippen LogP contribution in [0.4, 0.5) is 4.39 Å². The van der Waals surface area contributed by atoms with Crippen LogP contribution in [0.25, 0.3) is 11.1 Å². The third-order valence-electron chi connectivity index (χ3n) is 2.89. The molecule has 104 valence electrons. The van der Waals surface area contributed by atoms with Crippen molar-refractivity contribution in [2.24, 2.45) is 0 Å². The van der Waals surface area contributed by atoms with Crippen LogP contribution in [0.5, 0.6) is 17.2 Å². The molecule has 2 aromatic carbocycles. The van der Waals surface area contributed by atoms with Crippen LogP contribution in [0.2, 0.25) is 0 Å². The Labute approximate surface area is 115 Å². The molecule has 0 atom stereocenters. The number of halogens is 1. The van der Waals surface area contributed by atoms with Gasteiger partial charge in [-0.1, -0.05) is 0 Å². The van der Waals surface area contributed by atoms with E-state index in [1.807, 2.05) is 0 Å². The van der Waals surface area contributed by atoms with Crippen LogP contribution in [0.1, 0.15) is 10.4 Å². The van der Waals surface area contributed by atoms with Crippen LogP contribution in [-0.2, 0) is 0 Å². The Kier molecular flexibility index (Phi) is 3.89. The monoisotopic (exact) mass is 276 g/mol. The maximum absolute atomic E-state index is 13.4. The summed E-state index contributed by atoms with van der Waals surface area (Å²) in [5.41, 5.74) is 0.941. The summed E-state index contributed by atoms with van der Waals surface area (Å²) >= 11 is 0. The van der Waals surface area contributed by atoms with Crippen molar-refractivity contribution < 1.29 is 23.8 Å². The van der Waals surface area contributed by atoms with Crippen molar-refractivity contribution in [1.82, 2.24) is 0 Å². The number of methoxy groups -OCH3 is 2. The predicted molar refractivity (Wildman–Crippen MR) is 72.0 cm³/mol. The van der Waals surface area contributed by atoms with E-state index in [0.717, 1.165) is 6.07 Å². The van der Waals surface area contributed by atoms with Gasteiger partial charge >= 0.3 is 0 Å². The molecule has 0 aliphatic heterocycles. The van der Waals surface area contributed by atoms with Gasteiger partial charge in [-0.05, 0) is 30.3 Å². The van der Waals surface area contributed by atoms with E-state index in [4.69, 9.17) is 9.47 Å². The summed E-state index contributed by atoms with van der Waals surface area (Å²) in [6, 6.07) is 6.56. The molecule has 0 saturated heterocycles. The van der Waals surface area contributed by atoms with Gasteiger partial charge in [-0.25, -0.2) is 4.39 Å². The van der Waals surface area contributed by atoms with Crippen LogP contribution >= 0.6 is 0 Å². The topological polar surface area (TPSA) is 55.8 Å². The molecular weight excluding hydrogens is 263 g/mol. The van der Waals surface area contributed by atoms with E-state index in [1.54, 1.807) is 0 Å². The fourth-order valence-corrected chi connectivity index (χ4v) is 1.98. The smallest absolute Gasteiger partial charge is 0.168 e. The molecule has 4 nitrogen and oxygen atoms in total. The highest BCUT2D eigenvalue weighted by atomic mass is 19.1. The summed E-state index contributed by atoms with van der Waals surface area (Å²) in [5, 5.41) is 9.88. The zero-order valence-electron chi connectivity index (χ0n) is 11.0. The zero-order valence-corrected chi connectivity index (χ0v) is 11.0. The maximum atomic E-state index is 13.4. The Bertz CT molecular complexity index is 653. The summed E-state index contributed by atoms with van der Waals surface area (Å²) < 4.78 is 23.8. The van der Waals surface area contributed by atoms with Gasteiger partial charge in [0.1, 0.15) is 17.9 Å². The Hall–Kier alpha value is -2.56. The van der Waals surface area contributed by atoms with Gasteiger partial charge in [0.15, 0.2) is 11.5 Å². The predicted octanol–water partition coefficient (Wildman–Crippen LogP) is 3.03. The van der Waals surface area contributed by atoms with E-state index in [-0.39, 0.29) is 11.3 Å². The molecule has 5 heteroatoms. The molecule has 0 fully saturated rings. The number of phenols is 1. The van der Waals surface area contributed by atoms with E-state index >= 15 is 0 Å². The molecule has 0 aliphatic rings. The average Bonchev–Trinajstić information content (AvgIpc) is 2.48. The van der Waals surface area contributed by atoms with E-state index in [2.05, 4.69) is 0 Å². The van der Waals surface area contributed by atoms with Gasteiger partial charge in [-0.2, -0.15) is 0 Å². The fourth-order valence-electron chi connectivity index (χ4n) is 1.98. The molecule has 2 rings (SSSR count). The minimum absolute atomic E-state index is 0.116. The van der Waals surface area contributed by atoms with Crippen LogP contribution in [0.15, 0.2) is 30.3 Å². The van der Waals surface area contributed by atoms with Crippen molar-refractivity contribution in [3.8, 4) is 28.4 Å². The van der Waals surface area contributed by atoms with E-state index in [0.29, 0.717) is 28.9 Å². The van der Waals surface area contributed by atoms with E-state index < -0.39 is 5.82 Å². The molecular formula is C15H13FO4. The van der Waals surface area contributed by atoms with Gasteiger partial charge in [-0.3, -0.25) is 4.79 Å². The fraction of sp³-hybridized carbons (Fsp3) is 0.133. The number of benzene rings is 2. The number of rotatable bonds is 4. The number of hydrogen-bond donors (Lipinski definition) is 1. The highest BCUT2D eigenvalue weighted by Gasteiger charge is 2.17. The first-order valence-corrected chi connectivity index (χ1v) is 5.80. The highest BCUT2D eigenvalue weighted by molar-refractivity contribution is 5.85. The number of hydrogen-bond acceptors (Lipinski definition) is 4. The highest BCUT2D eigenvalue weighted by Crippen LogP contribution is 2.42. The first kappa shape index (κ1) is 13.9. The third-order valence-corrected chi connectivity index (χ3v) is 2.89. The number of carbonyl (C=O) groups excluding carboxylic acids is 1. The summed E-state index contributed by atoms with van der Waals surface area (Å²) in [4.78, 5) is 11.0. The standard InChI is InChI=1S/C15H13FO4/c1-19-14-6-9(8-17)5-12(15(14)20-2)11-7-10(16)3-4-13(11)18/h3-8,18H,1-2H3. The molecule has 1 N–H and O–H groups in total. The lowest BCUT2D eigenvalue weighted by molar-refractivity contribution is 0.112. The summed E-state index contributed by atoms with van der Waals surface area (Å²) in [6.07, 6.45) is 0.641. The van der Waals surface area contributed by atoms with Crippen molar-refractivity contribution in [1.29, 1.82) is 0 Å². The van der Waals surface area contributed by atoms with Gasteiger partial charge in [-0.15, -0.1) is 0 Å². The van der Waals surface area contributed by atoms with Crippen molar-refractivity contribution in [2.75, 3.05) is 14.2 Å². The number of ether oxygens (including phenoxy) is 2. The lowest BCUT2D eigenvalue weighted by Crippen LogP contribution is -1.96. The minimum Gasteiger partial charge on any atom is -0.507 e. The van der Waals surface area contributed by atoms with Crippen molar-refractivity contribution in [2.45, 2.75) is 0 Å². The van der Waals surface area contributed by atoms with Gasteiger partial charge in [0, 0.05) is 16.7 Å². The molecule has 0 saturated carbocycles. The Morgan fingerprint density at radius 2 is 1.85 bits per heavy atom. The van der Waals surface area contributed by atoms with E-state index in [9.17, 15) is 14.3 Å². The van der Waals surface area contributed by atoms with Crippen LogP contribution in [0.3, 0.4) is 0 Å². The van der Waals surface area contributed by atoms with Gasteiger partial charge in [0.05, 0.1) is 14.2 Å². The third kappa shape index (κ3) is 2.42. The minimum atomic E-state index is -0.504. The average molecular weight is 276 g/mol. The van der Waals surface area contributed by atoms with Crippen molar-refractivity contribution in [3.63, 3.8) is 0 Å². The summed E-state index contributed by atoms with van der Waals surface area (Å²) in [7, 11) is 2.86. The molecule has 0 bridgehead atoms. The van der Waals surface area contributed by atoms with Gasteiger partial charge < -0.3 is 14.6 Å². The van der Waals surface area contributed by atoms with Crippen LogP contribution in [0, 0.1) is 5.82 Å². The molecule has 0 aliphatic carbocycles. The molecule has 20 heavy (non-hydrogen) atoms. The molecule has 0 unspecified atom stereocenters. The number of carbonyl (C=O) groups is 1. The van der Waals surface area contributed by atoms with Gasteiger partial charge in [0.2, 0.25) is 0 Å². The lowest BCUT2D eigenvalue weighted by atomic mass is 10.0. The van der Waals surface area contributed by atoms with Crippen molar-refractivity contribution >= 4 is 6.29 Å². The Morgan fingerprint density at radius 1 is 1.10 bits per heavy atom. The quantitative estimate of drug-likeness (QED) is 0.872. The maximum Gasteiger partial charge on any atom is 0.168 e. The zero-order chi connectivity index (χ0) is 14.7. The van der Waals surface area contributed by atoms with Crippen LogP contribution < -0.4 is 9.47 Å². The normalized spacial score (nSPS) is 10.2. The second kappa shape index (κ2) is 5.61.